The van der Waals surface area contributed by atoms with Gasteiger partial charge in [0.1, 0.15) is 11.6 Å². The van der Waals surface area contributed by atoms with Crippen molar-refractivity contribution in [2.24, 2.45) is 5.73 Å². The number of aromatic nitrogens is 3. The fourth-order valence-corrected chi connectivity index (χ4v) is 1.71. The number of fused-ring (bicyclic) bond motifs is 1. The molecule has 6 nitrogen and oxygen atoms in total. The van der Waals surface area contributed by atoms with Crippen molar-refractivity contribution in [1.29, 1.82) is 0 Å². The molecule has 0 saturated carbocycles. The molecule has 6 heteroatoms. The van der Waals surface area contributed by atoms with E-state index in [4.69, 9.17) is 10.2 Å². The highest BCUT2D eigenvalue weighted by Gasteiger charge is 2.03. The molecule has 92 valence electrons. The maximum absolute atomic E-state index is 5.54. The van der Waals surface area contributed by atoms with E-state index in [1.54, 1.807) is 10.8 Å². The van der Waals surface area contributed by atoms with E-state index in [0.717, 1.165) is 22.9 Å². The molecule has 0 amide bonds. The van der Waals surface area contributed by atoms with Crippen LogP contribution in [0, 0.1) is 0 Å². The highest BCUT2D eigenvalue weighted by atomic mass is 16.3. The lowest BCUT2D eigenvalue weighted by molar-refractivity contribution is 0.517. The summed E-state index contributed by atoms with van der Waals surface area (Å²) < 4.78 is 6.95. The molecule has 0 unspecified atom stereocenters. The van der Waals surface area contributed by atoms with Gasteiger partial charge in [0.05, 0.1) is 24.7 Å². The van der Waals surface area contributed by atoms with Crippen molar-refractivity contribution in [3.63, 3.8) is 0 Å². The predicted octanol–water partition coefficient (Wildman–Crippen LogP) is 1.39. The number of anilines is 1. The van der Waals surface area contributed by atoms with Crippen LogP contribution in [0.5, 0.6) is 0 Å². The van der Waals surface area contributed by atoms with E-state index < -0.39 is 0 Å². The molecule has 3 aromatic rings. The summed E-state index contributed by atoms with van der Waals surface area (Å²) in [5.41, 5.74) is 7.16. The molecule has 0 saturated heterocycles. The second-order valence-electron chi connectivity index (χ2n) is 3.89. The third-order valence-electron chi connectivity index (χ3n) is 2.60. The van der Waals surface area contributed by atoms with Crippen LogP contribution in [0.4, 0.5) is 5.82 Å². The molecule has 0 aromatic carbocycles. The molecule has 0 fully saturated rings. The van der Waals surface area contributed by atoms with E-state index >= 15 is 0 Å². The highest BCUT2D eigenvalue weighted by molar-refractivity contribution is 5.45. The number of hydrogen-bond acceptors (Lipinski definition) is 5. The Kier molecular flexibility index (Phi) is 2.70. The van der Waals surface area contributed by atoms with Gasteiger partial charge in [-0.25, -0.2) is 9.50 Å². The Morgan fingerprint density at radius 3 is 3.06 bits per heavy atom. The standard InChI is InChI=1S/C12H13N5O/c13-6-9-8-17-12(15-9)4-3-11(16-17)14-7-10-2-1-5-18-10/h1-5,8H,6-7,13H2,(H,14,16). The second kappa shape index (κ2) is 4.50. The van der Waals surface area contributed by atoms with Gasteiger partial charge in [0, 0.05) is 6.54 Å². The van der Waals surface area contributed by atoms with E-state index in [9.17, 15) is 0 Å². The monoisotopic (exact) mass is 243 g/mol. The van der Waals surface area contributed by atoms with Gasteiger partial charge in [-0.1, -0.05) is 0 Å². The van der Waals surface area contributed by atoms with Crippen LogP contribution < -0.4 is 11.1 Å². The number of nitrogens with zero attached hydrogens (tertiary/aromatic N) is 3. The van der Waals surface area contributed by atoms with E-state index in [1.165, 1.54) is 0 Å². The zero-order valence-corrected chi connectivity index (χ0v) is 9.71. The molecule has 3 heterocycles. The minimum absolute atomic E-state index is 0.415. The summed E-state index contributed by atoms with van der Waals surface area (Å²) in [5, 5.41) is 7.57. The molecule has 18 heavy (non-hydrogen) atoms. The number of hydrogen-bond donors (Lipinski definition) is 2. The summed E-state index contributed by atoms with van der Waals surface area (Å²) in [7, 11) is 0. The first-order valence-electron chi connectivity index (χ1n) is 5.67. The maximum Gasteiger partial charge on any atom is 0.153 e. The first-order chi connectivity index (χ1) is 8.85. The van der Waals surface area contributed by atoms with Gasteiger partial charge in [0.25, 0.3) is 0 Å². The molecule has 0 aliphatic rings. The van der Waals surface area contributed by atoms with Gasteiger partial charge in [-0.3, -0.25) is 0 Å². The van der Waals surface area contributed by atoms with E-state index in [1.807, 2.05) is 30.5 Å². The summed E-state index contributed by atoms with van der Waals surface area (Å²) in [4.78, 5) is 4.31. The normalized spacial score (nSPS) is 10.9. The van der Waals surface area contributed by atoms with Crippen LogP contribution >= 0.6 is 0 Å². The molecular weight excluding hydrogens is 230 g/mol. The largest absolute Gasteiger partial charge is 0.467 e. The first-order valence-corrected chi connectivity index (χ1v) is 5.67. The van der Waals surface area contributed by atoms with Gasteiger partial charge < -0.3 is 15.5 Å². The van der Waals surface area contributed by atoms with Crippen LogP contribution in [-0.4, -0.2) is 14.6 Å². The van der Waals surface area contributed by atoms with Gasteiger partial charge in [0.15, 0.2) is 5.65 Å². The molecule has 3 aromatic heterocycles. The highest BCUT2D eigenvalue weighted by Crippen LogP contribution is 2.09. The van der Waals surface area contributed by atoms with Crippen LogP contribution in [0.2, 0.25) is 0 Å². The minimum Gasteiger partial charge on any atom is -0.467 e. The molecule has 0 aliphatic carbocycles. The lowest BCUT2D eigenvalue weighted by atomic mass is 10.4. The van der Waals surface area contributed by atoms with Crippen molar-refractivity contribution in [2.75, 3.05) is 5.32 Å². The topological polar surface area (TPSA) is 81.4 Å². The quantitative estimate of drug-likeness (QED) is 0.723. The van der Waals surface area contributed by atoms with Gasteiger partial charge in [0.2, 0.25) is 0 Å². The fraction of sp³-hybridized carbons (Fsp3) is 0.167. The smallest absolute Gasteiger partial charge is 0.153 e. The third-order valence-corrected chi connectivity index (χ3v) is 2.60. The van der Waals surface area contributed by atoms with Crippen molar-refractivity contribution in [1.82, 2.24) is 14.6 Å². The zero-order chi connectivity index (χ0) is 12.4. The lowest BCUT2D eigenvalue weighted by Gasteiger charge is -2.03. The second-order valence-corrected chi connectivity index (χ2v) is 3.89. The molecule has 0 bridgehead atoms. The molecule has 3 rings (SSSR count). The summed E-state index contributed by atoms with van der Waals surface area (Å²) in [6, 6.07) is 7.55. The van der Waals surface area contributed by atoms with Crippen molar-refractivity contribution in [3.8, 4) is 0 Å². The SMILES string of the molecule is NCc1cn2nc(NCc3ccco3)ccc2n1. The summed E-state index contributed by atoms with van der Waals surface area (Å²) in [6.07, 6.45) is 3.48. The van der Waals surface area contributed by atoms with E-state index in [-0.39, 0.29) is 0 Å². The number of nitrogens with one attached hydrogen (secondary N) is 1. The van der Waals surface area contributed by atoms with E-state index in [2.05, 4.69) is 15.4 Å². The predicted molar refractivity (Wildman–Crippen MR) is 66.9 cm³/mol. The van der Waals surface area contributed by atoms with Crippen LogP contribution in [0.3, 0.4) is 0 Å². The van der Waals surface area contributed by atoms with Gasteiger partial charge >= 0.3 is 0 Å². The molecule has 0 aliphatic heterocycles. The Bertz CT molecular complexity index is 644. The van der Waals surface area contributed by atoms with Crippen LogP contribution in [0.25, 0.3) is 5.65 Å². The number of rotatable bonds is 4. The number of imidazole rings is 1. The average molecular weight is 243 g/mol. The van der Waals surface area contributed by atoms with Gasteiger partial charge in [-0.15, -0.1) is 5.10 Å². The lowest BCUT2D eigenvalue weighted by Crippen LogP contribution is -2.02. The molecular formula is C12H13N5O. The zero-order valence-electron chi connectivity index (χ0n) is 9.71. The van der Waals surface area contributed by atoms with Crippen LogP contribution in [-0.2, 0) is 13.1 Å². The van der Waals surface area contributed by atoms with Gasteiger partial charge in [-0.2, -0.15) is 0 Å². The van der Waals surface area contributed by atoms with Crippen LogP contribution in [0.15, 0.2) is 41.1 Å². The van der Waals surface area contributed by atoms with Gasteiger partial charge in [-0.05, 0) is 24.3 Å². The fourth-order valence-electron chi connectivity index (χ4n) is 1.71. The molecule has 0 atom stereocenters. The summed E-state index contributed by atoms with van der Waals surface area (Å²) in [5.74, 6) is 1.63. The number of nitrogens with two attached hydrogens (primary N) is 1. The average Bonchev–Trinajstić information content (AvgIpc) is 3.04. The Labute approximate surface area is 103 Å². The number of furan rings is 1. The minimum atomic E-state index is 0.415. The van der Waals surface area contributed by atoms with Crippen molar-refractivity contribution < 1.29 is 4.42 Å². The summed E-state index contributed by atoms with van der Waals surface area (Å²) in [6.45, 7) is 1.02. The van der Waals surface area contributed by atoms with E-state index in [0.29, 0.717) is 13.1 Å². The Morgan fingerprint density at radius 2 is 2.28 bits per heavy atom. The van der Waals surface area contributed by atoms with Crippen molar-refractivity contribution >= 4 is 11.5 Å². The first kappa shape index (κ1) is 10.8. The Balaban J connectivity index is 1.80. The molecule has 3 N–H and O–H groups in total. The summed E-state index contributed by atoms with van der Waals surface area (Å²) >= 11 is 0. The van der Waals surface area contributed by atoms with Crippen LogP contribution in [0.1, 0.15) is 11.5 Å². The maximum atomic E-state index is 5.54. The Morgan fingerprint density at radius 1 is 1.33 bits per heavy atom. The molecule has 0 radical (unpaired) electrons. The van der Waals surface area contributed by atoms with Crippen molar-refractivity contribution in [3.05, 3.63) is 48.2 Å². The molecule has 0 spiro atoms. The third kappa shape index (κ3) is 2.05. The van der Waals surface area contributed by atoms with Crippen molar-refractivity contribution in [2.45, 2.75) is 13.1 Å². The Hall–Kier alpha value is -2.34.